The van der Waals surface area contributed by atoms with Crippen LogP contribution in [-0.2, 0) is 11.2 Å². The Kier molecular flexibility index (Phi) is 6.41. The number of para-hydroxylation sites is 2. The van der Waals surface area contributed by atoms with E-state index in [9.17, 15) is 14.7 Å². The van der Waals surface area contributed by atoms with Crippen LogP contribution in [0, 0.1) is 0 Å². The largest absolute Gasteiger partial charge is 0.479 e. The average Bonchev–Trinajstić information content (AvgIpc) is 2.72. The third-order valence-corrected chi connectivity index (χ3v) is 4.14. The summed E-state index contributed by atoms with van der Waals surface area (Å²) in [6.45, 7) is 0. The molecule has 142 valence electrons. The fourth-order valence-corrected chi connectivity index (χ4v) is 2.72. The summed E-state index contributed by atoms with van der Waals surface area (Å²) in [6.07, 6.45) is -0.249. The number of hydrogen-bond donors (Lipinski definition) is 1. The van der Waals surface area contributed by atoms with Crippen LogP contribution in [0.4, 0.5) is 0 Å². The first-order chi connectivity index (χ1) is 13.6. The number of rotatable bonds is 8. The molecular formula is C23H20O5. The molecule has 0 radical (unpaired) electrons. The molecule has 0 spiro atoms. The molecule has 1 N–H and O–H groups in total. The van der Waals surface area contributed by atoms with Gasteiger partial charge in [0.2, 0.25) is 0 Å². The minimum absolute atomic E-state index is 0.178. The Morgan fingerprint density at radius 3 is 2.11 bits per heavy atom. The number of carbonyl (C=O) groups is 2. The Labute approximate surface area is 163 Å². The van der Waals surface area contributed by atoms with Crippen molar-refractivity contribution in [3.8, 4) is 11.5 Å². The molecule has 3 aromatic rings. The van der Waals surface area contributed by atoms with E-state index in [4.69, 9.17) is 9.47 Å². The standard InChI is InChI=1S/C23H20O5/c24-22(25)21(16-15-17-9-3-1-4-10-17)28-20-14-8-7-13-19(20)23(26)27-18-11-5-2-6-12-18/h1-14,21H,15-16H2,(H,24,25). The van der Waals surface area contributed by atoms with Crippen LogP contribution in [0.1, 0.15) is 22.3 Å². The molecule has 1 unspecified atom stereocenters. The Balaban J connectivity index is 1.73. The Bertz CT molecular complexity index is 922. The van der Waals surface area contributed by atoms with E-state index in [1.54, 1.807) is 48.5 Å². The van der Waals surface area contributed by atoms with Crippen LogP contribution < -0.4 is 9.47 Å². The number of carboxylic acid groups (broad SMARTS) is 1. The van der Waals surface area contributed by atoms with Gasteiger partial charge in [-0.15, -0.1) is 0 Å². The van der Waals surface area contributed by atoms with Gasteiger partial charge in [0.25, 0.3) is 0 Å². The number of carbonyl (C=O) groups excluding carboxylic acids is 1. The van der Waals surface area contributed by atoms with Gasteiger partial charge in [0, 0.05) is 0 Å². The molecule has 0 bridgehead atoms. The highest BCUT2D eigenvalue weighted by Crippen LogP contribution is 2.23. The van der Waals surface area contributed by atoms with E-state index in [0.717, 1.165) is 5.56 Å². The van der Waals surface area contributed by atoms with Crippen molar-refractivity contribution >= 4 is 11.9 Å². The normalized spacial score (nSPS) is 11.4. The molecule has 0 aliphatic heterocycles. The summed E-state index contributed by atoms with van der Waals surface area (Å²) in [4.78, 5) is 24.2. The lowest BCUT2D eigenvalue weighted by Crippen LogP contribution is -2.28. The molecule has 3 aromatic carbocycles. The Morgan fingerprint density at radius 1 is 0.821 bits per heavy atom. The van der Waals surface area contributed by atoms with Crippen molar-refractivity contribution in [2.75, 3.05) is 0 Å². The van der Waals surface area contributed by atoms with Crippen LogP contribution in [0.15, 0.2) is 84.9 Å². The van der Waals surface area contributed by atoms with Gasteiger partial charge in [-0.3, -0.25) is 0 Å². The lowest BCUT2D eigenvalue weighted by molar-refractivity contribution is -0.145. The zero-order valence-electron chi connectivity index (χ0n) is 15.2. The molecule has 3 rings (SSSR count). The number of esters is 1. The molecule has 5 heteroatoms. The first-order valence-corrected chi connectivity index (χ1v) is 8.93. The van der Waals surface area contributed by atoms with Crippen molar-refractivity contribution in [2.24, 2.45) is 0 Å². The number of carboxylic acids is 1. The number of aliphatic carboxylic acids is 1. The summed E-state index contributed by atoms with van der Waals surface area (Å²) in [6, 6.07) is 24.7. The van der Waals surface area contributed by atoms with Crippen molar-refractivity contribution in [3.05, 3.63) is 96.1 Å². The van der Waals surface area contributed by atoms with Crippen LogP contribution in [0.3, 0.4) is 0 Å². The maximum absolute atomic E-state index is 12.5. The summed E-state index contributed by atoms with van der Waals surface area (Å²) < 4.78 is 11.0. The highest BCUT2D eigenvalue weighted by Gasteiger charge is 2.23. The van der Waals surface area contributed by atoms with Crippen LogP contribution in [0.2, 0.25) is 0 Å². The highest BCUT2D eigenvalue weighted by molar-refractivity contribution is 5.94. The van der Waals surface area contributed by atoms with Crippen molar-refractivity contribution in [1.29, 1.82) is 0 Å². The van der Waals surface area contributed by atoms with Crippen LogP contribution in [0.25, 0.3) is 0 Å². The minimum atomic E-state index is -1.08. The third kappa shape index (κ3) is 5.20. The molecule has 0 heterocycles. The Morgan fingerprint density at radius 2 is 1.43 bits per heavy atom. The fourth-order valence-electron chi connectivity index (χ4n) is 2.72. The van der Waals surface area contributed by atoms with E-state index in [0.29, 0.717) is 12.2 Å². The molecule has 5 nitrogen and oxygen atoms in total. The molecule has 0 amide bonds. The minimum Gasteiger partial charge on any atom is -0.479 e. The predicted octanol–water partition coefficient (Wildman–Crippen LogP) is 4.37. The average molecular weight is 376 g/mol. The molecule has 28 heavy (non-hydrogen) atoms. The molecular weight excluding hydrogens is 356 g/mol. The second kappa shape index (κ2) is 9.37. The zero-order chi connectivity index (χ0) is 19.8. The van der Waals surface area contributed by atoms with Gasteiger partial charge in [0.15, 0.2) is 6.10 Å². The number of aryl methyl sites for hydroxylation is 1. The van der Waals surface area contributed by atoms with Crippen molar-refractivity contribution in [2.45, 2.75) is 18.9 Å². The van der Waals surface area contributed by atoms with Crippen LogP contribution in [-0.4, -0.2) is 23.1 Å². The van der Waals surface area contributed by atoms with Gasteiger partial charge in [-0.1, -0.05) is 60.7 Å². The second-order valence-corrected chi connectivity index (χ2v) is 6.17. The van der Waals surface area contributed by atoms with Gasteiger partial charge in [-0.2, -0.15) is 0 Å². The molecule has 0 aromatic heterocycles. The fraction of sp³-hybridized carbons (Fsp3) is 0.130. The predicted molar refractivity (Wildman–Crippen MR) is 105 cm³/mol. The van der Waals surface area contributed by atoms with Gasteiger partial charge in [-0.05, 0) is 42.7 Å². The van der Waals surface area contributed by atoms with Gasteiger partial charge >= 0.3 is 11.9 Å². The number of benzene rings is 3. The van der Waals surface area contributed by atoms with Gasteiger partial charge in [0.05, 0.1) is 0 Å². The number of ether oxygens (including phenoxy) is 2. The van der Waals surface area contributed by atoms with E-state index < -0.39 is 18.0 Å². The maximum atomic E-state index is 12.5. The van der Waals surface area contributed by atoms with E-state index in [2.05, 4.69) is 0 Å². The summed E-state index contributed by atoms with van der Waals surface area (Å²) in [7, 11) is 0. The summed E-state index contributed by atoms with van der Waals surface area (Å²) in [5, 5.41) is 9.54. The van der Waals surface area contributed by atoms with Crippen LogP contribution in [0.5, 0.6) is 11.5 Å². The molecule has 0 fully saturated rings. The monoisotopic (exact) mass is 376 g/mol. The first-order valence-electron chi connectivity index (χ1n) is 8.93. The summed E-state index contributed by atoms with van der Waals surface area (Å²) >= 11 is 0. The molecule has 0 aliphatic carbocycles. The van der Waals surface area contributed by atoms with Gasteiger partial charge in [-0.25, -0.2) is 9.59 Å². The third-order valence-electron chi connectivity index (χ3n) is 4.14. The first kappa shape index (κ1) is 19.2. The van der Waals surface area contributed by atoms with Gasteiger partial charge < -0.3 is 14.6 Å². The summed E-state index contributed by atoms with van der Waals surface area (Å²) in [5.41, 5.74) is 1.20. The molecule has 1 atom stereocenters. The highest BCUT2D eigenvalue weighted by atomic mass is 16.5. The lowest BCUT2D eigenvalue weighted by Gasteiger charge is -2.17. The van der Waals surface area contributed by atoms with E-state index in [-0.39, 0.29) is 17.7 Å². The van der Waals surface area contributed by atoms with Crippen molar-refractivity contribution < 1.29 is 24.2 Å². The zero-order valence-corrected chi connectivity index (χ0v) is 15.2. The van der Waals surface area contributed by atoms with Crippen molar-refractivity contribution in [3.63, 3.8) is 0 Å². The molecule has 0 saturated carbocycles. The van der Waals surface area contributed by atoms with Crippen molar-refractivity contribution in [1.82, 2.24) is 0 Å². The van der Waals surface area contributed by atoms with E-state index in [1.807, 2.05) is 36.4 Å². The second-order valence-electron chi connectivity index (χ2n) is 6.17. The Hall–Kier alpha value is -3.60. The molecule has 0 aliphatic rings. The lowest BCUT2D eigenvalue weighted by atomic mass is 10.1. The smallest absolute Gasteiger partial charge is 0.347 e. The number of hydrogen-bond acceptors (Lipinski definition) is 4. The van der Waals surface area contributed by atoms with Gasteiger partial charge in [0.1, 0.15) is 17.1 Å². The summed E-state index contributed by atoms with van der Waals surface area (Å²) in [5.74, 6) is -1.10. The molecule has 0 saturated heterocycles. The SMILES string of the molecule is O=C(Oc1ccccc1)c1ccccc1OC(CCc1ccccc1)C(=O)O. The van der Waals surface area contributed by atoms with E-state index in [1.165, 1.54) is 0 Å². The topological polar surface area (TPSA) is 72.8 Å². The van der Waals surface area contributed by atoms with Crippen LogP contribution >= 0.6 is 0 Å². The maximum Gasteiger partial charge on any atom is 0.347 e. The quantitative estimate of drug-likeness (QED) is 0.467. The van der Waals surface area contributed by atoms with E-state index >= 15 is 0 Å².